The molecule has 0 fully saturated rings. The summed E-state index contributed by atoms with van der Waals surface area (Å²) in [6, 6.07) is 11.3. The number of rotatable bonds is 4. The molecular weight excluding hydrogens is 414 g/mol. The monoisotopic (exact) mass is 422 g/mol. The molecule has 0 bridgehead atoms. The van der Waals surface area contributed by atoms with Crippen LogP contribution in [-0.2, 0) is 24.4 Å². The number of benzene rings is 2. The maximum absolute atomic E-state index is 12.1. The van der Waals surface area contributed by atoms with Gasteiger partial charge >= 0.3 is 11.9 Å². The molecule has 0 aliphatic carbocycles. The molecule has 0 amide bonds. The normalized spacial score (nSPS) is 15.8. The Morgan fingerprint density at radius 3 is 1.40 bits per heavy atom. The summed E-state index contributed by atoms with van der Waals surface area (Å²) in [5.41, 5.74) is -0.404. The first-order chi connectivity index (χ1) is 11.6. The lowest BCUT2D eigenvalue weighted by atomic mass is 10.1. The number of aliphatic hydroxyl groups is 2. The molecule has 2 aromatic rings. The van der Waals surface area contributed by atoms with E-state index in [9.17, 15) is 19.8 Å². The van der Waals surface area contributed by atoms with Crippen molar-refractivity contribution >= 4 is 58.3 Å². The Morgan fingerprint density at radius 1 is 0.760 bits per heavy atom. The van der Waals surface area contributed by atoms with E-state index in [-0.39, 0.29) is 21.2 Å². The Bertz CT molecular complexity index is 752. The van der Waals surface area contributed by atoms with Gasteiger partial charge in [-0.1, -0.05) is 82.8 Å². The van der Waals surface area contributed by atoms with Crippen LogP contribution in [0.3, 0.4) is 0 Å². The van der Waals surface area contributed by atoms with Gasteiger partial charge in [-0.2, -0.15) is 0 Å². The molecule has 0 aliphatic rings. The Labute approximate surface area is 162 Å². The van der Waals surface area contributed by atoms with E-state index in [4.69, 9.17) is 46.4 Å². The van der Waals surface area contributed by atoms with Crippen LogP contribution in [0.1, 0.15) is 11.1 Å². The van der Waals surface area contributed by atoms with Gasteiger partial charge in [0.15, 0.2) is 0 Å². The summed E-state index contributed by atoms with van der Waals surface area (Å²) < 4.78 is 4.44. The molecule has 9 heteroatoms. The van der Waals surface area contributed by atoms with E-state index < -0.39 is 22.1 Å². The minimum atomic E-state index is -2.76. The van der Waals surface area contributed by atoms with Crippen molar-refractivity contribution < 1.29 is 24.5 Å². The minimum absolute atomic E-state index is 0.0309. The number of ether oxygens (including phenoxy) is 1. The van der Waals surface area contributed by atoms with Gasteiger partial charge in [0.1, 0.15) is 0 Å². The van der Waals surface area contributed by atoms with Gasteiger partial charge in [0.25, 0.3) is 10.1 Å². The second-order valence-corrected chi connectivity index (χ2v) is 6.79. The van der Waals surface area contributed by atoms with Crippen LogP contribution in [-0.4, -0.2) is 22.2 Å². The average molecular weight is 424 g/mol. The van der Waals surface area contributed by atoms with Gasteiger partial charge in [-0.05, 0) is 12.1 Å². The van der Waals surface area contributed by atoms with Crippen molar-refractivity contribution in [1.82, 2.24) is 0 Å². The van der Waals surface area contributed by atoms with E-state index >= 15 is 0 Å². The zero-order valence-corrected chi connectivity index (χ0v) is 15.3. The van der Waals surface area contributed by atoms with Gasteiger partial charge in [-0.3, -0.25) is 0 Å². The average Bonchev–Trinajstić information content (AvgIpc) is 2.55. The van der Waals surface area contributed by atoms with Gasteiger partial charge in [0.2, 0.25) is 0 Å². The molecular formula is C16H10Cl4O5. The topological polar surface area (TPSA) is 83.8 Å². The van der Waals surface area contributed by atoms with Crippen LogP contribution in [0.4, 0.5) is 0 Å². The number of carbonyl (C=O) groups excluding carboxylic acids is 2. The molecule has 0 saturated heterocycles. The second-order valence-electron chi connectivity index (χ2n) is 4.88. The summed E-state index contributed by atoms with van der Waals surface area (Å²) in [5, 5.41) is 14.8. The Kier molecular flexibility index (Phi) is 5.99. The van der Waals surface area contributed by atoms with Crippen LogP contribution in [0.25, 0.3) is 0 Å². The SMILES string of the molecule is O=C(OC(=O)C(O)(Cl)c1ccccc1Cl)C(O)(Cl)c1ccccc1Cl. The summed E-state index contributed by atoms with van der Waals surface area (Å²) in [6.07, 6.45) is 0. The molecule has 0 radical (unpaired) electrons. The van der Waals surface area contributed by atoms with E-state index in [1.807, 2.05) is 0 Å². The van der Waals surface area contributed by atoms with Crippen molar-refractivity contribution in [1.29, 1.82) is 0 Å². The first-order valence-corrected chi connectivity index (χ1v) is 8.19. The van der Waals surface area contributed by atoms with E-state index in [2.05, 4.69) is 4.74 Å². The molecule has 0 aromatic heterocycles. The van der Waals surface area contributed by atoms with Crippen molar-refractivity contribution in [2.24, 2.45) is 0 Å². The number of hydrogen-bond donors (Lipinski definition) is 2. The third kappa shape index (κ3) is 4.08. The predicted molar refractivity (Wildman–Crippen MR) is 93.5 cm³/mol. The highest BCUT2D eigenvalue weighted by atomic mass is 35.5. The fraction of sp³-hybridized carbons (Fsp3) is 0.125. The van der Waals surface area contributed by atoms with Crippen LogP contribution in [0.15, 0.2) is 48.5 Å². The fourth-order valence-corrected chi connectivity index (χ4v) is 2.95. The lowest BCUT2D eigenvalue weighted by Crippen LogP contribution is -2.39. The predicted octanol–water partition coefficient (Wildman–Crippen LogP) is 3.53. The first-order valence-electron chi connectivity index (χ1n) is 6.67. The van der Waals surface area contributed by atoms with Crippen molar-refractivity contribution in [2.45, 2.75) is 10.1 Å². The maximum atomic E-state index is 12.1. The molecule has 0 heterocycles. The summed E-state index contributed by atoms with van der Waals surface area (Å²) >= 11 is 23.3. The van der Waals surface area contributed by atoms with Gasteiger partial charge < -0.3 is 14.9 Å². The van der Waals surface area contributed by atoms with E-state index in [1.165, 1.54) is 36.4 Å². The van der Waals surface area contributed by atoms with Crippen molar-refractivity contribution in [3.63, 3.8) is 0 Å². The zero-order chi connectivity index (χ0) is 18.8. The van der Waals surface area contributed by atoms with E-state index in [0.29, 0.717) is 0 Å². The largest absolute Gasteiger partial charge is 0.386 e. The molecule has 2 N–H and O–H groups in total. The third-order valence-electron chi connectivity index (χ3n) is 3.19. The summed E-state index contributed by atoms with van der Waals surface area (Å²) in [5.74, 6) is -3.17. The van der Waals surface area contributed by atoms with Gasteiger partial charge in [0, 0.05) is 21.2 Å². The molecule has 2 unspecified atom stereocenters. The highest BCUT2D eigenvalue weighted by Gasteiger charge is 2.46. The highest BCUT2D eigenvalue weighted by molar-refractivity contribution is 6.39. The van der Waals surface area contributed by atoms with Crippen LogP contribution in [0.2, 0.25) is 10.0 Å². The quantitative estimate of drug-likeness (QED) is 0.446. The van der Waals surface area contributed by atoms with Gasteiger partial charge in [0.05, 0.1) is 0 Å². The summed E-state index contributed by atoms with van der Waals surface area (Å²) in [6.45, 7) is 0. The van der Waals surface area contributed by atoms with Crippen molar-refractivity contribution in [3.8, 4) is 0 Å². The third-order valence-corrected chi connectivity index (χ3v) is 4.56. The summed E-state index contributed by atoms with van der Waals surface area (Å²) in [7, 11) is 0. The lowest BCUT2D eigenvalue weighted by molar-refractivity contribution is -0.176. The molecule has 2 atom stereocenters. The Morgan fingerprint density at radius 2 is 1.08 bits per heavy atom. The highest BCUT2D eigenvalue weighted by Crippen LogP contribution is 2.36. The number of alkyl halides is 2. The molecule has 25 heavy (non-hydrogen) atoms. The number of hydrogen-bond acceptors (Lipinski definition) is 5. The molecule has 0 spiro atoms. The van der Waals surface area contributed by atoms with Crippen molar-refractivity contribution in [2.75, 3.05) is 0 Å². The Hall–Kier alpha value is -1.34. The van der Waals surface area contributed by atoms with Crippen LogP contribution < -0.4 is 0 Å². The minimum Gasteiger partial charge on any atom is -0.386 e. The number of esters is 2. The fourth-order valence-electron chi connectivity index (χ4n) is 1.90. The molecule has 132 valence electrons. The number of carbonyl (C=O) groups is 2. The molecule has 2 aromatic carbocycles. The van der Waals surface area contributed by atoms with Gasteiger partial charge in [-0.15, -0.1) is 0 Å². The molecule has 0 saturated carbocycles. The number of halogens is 4. The van der Waals surface area contributed by atoms with Gasteiger partial charge in [-0.25, -0.2) is 9.59 Å². The van der Waals surface area contributed by atoms with Crippen molar-refractivity contribution in [3.05, 3.63) is 69.7 Å². The maximum Gasteiger partial charge on any atom is 0.366 e. The smallest absolute Gasteiger partial charge is 0.366 e. The zero-order valence-electron chi connectivity index (χ0n) is 12.2. The first kappa shape index (κ1) is 20.0. The molecule has 5 nitrogen and oxygen atoms in total. The standard InChI is InChI=1S/C16H10Cl4O5/c17-11-7-3-1-5-9(11)15(19,23)13(21)25-14(22)16(20,24)10-6-2-4-8-12(10)18/h1-8,23-24H. The van der Waals surface area contributed by atoms with Crippen LogP contribution in [0, 0.1) is 0 Å². The van der Waals surface area contributed by atoms with E-state index in [1.54, 1.807) is 12.1 Å². The van der Waals surface area contributed by atoms with Crippen LogP contribution in [0.5, 0.6) is 0 Å². The Balaban J connectivity index is 2.26. The molecule has 0 aliphatic heterocycles. The molecule has 2 rings (SSSR count). The second kappa shape index (κ2) is 7.50. The lowest BCUT2D eigenvalue weighted by Gasteiger charge is -2.23. The van der Waals surface area contributed by atoms with E-state index in [0.717, 1.165) is 0 Å². The summed E-state index contributed by atoms with van der Waals surface area (Å²) in [4.78, 5) is 24.2. The van der Waals surface area contributed by atoms with Crippen LogP contribution >= 0.6 is 46.4 Å².